The molecule has 0 saturated heterocycles. The van der Waals surface area contributed by atoms with Gasteiger partial charge in [0, 0.05) is 33.5 Å². The van der Waals surface area contributed by atoms with Gasteiger partial charge in [0.2, 0.25) is 10.8 Å². The monoisotopic (exact) mass is 575 g/mol. The van der Waals surface area contributed by atoms with Gasteiger partial charge in [-0.1, -0.05) is 65.0 Å². The number of aliphatic hydroxyl groups excluding tert-OH is 1. The van der Waals surface area contributed by atoms with Gasteiger partial charge < -0.3 is 9.84 Å². The summed E-state index contributed by atoms with van der Waals surface area (Å²) < 4.78 is 40.1. The van der Waals surface area contributed by atoms with Gasteiger partial charge in [0.05, 0.1) is 17.9 Å². The van der Waals surface area contributed by atoms with Crippen LogP contribution in [0.25, 0.3) is 0 Å². The van der Waals surface area contributed by atoms with Gasteiger partial charge in [0.1, 0.15) is 0 Å². The first-order chi connectivity index (χ1) is 18.3. The standard InChI is InChI=1S/C31H39F2NO5S/c1-17-14-21-20-9-8-18-15-19(35)10-11-27(18,6)29(20,32)22(36)16-28(21,7)30(17,24(38)40-13-12-34)39-23(37)31(33)25(2,3)26(31,4)5/h10-11,15,17,20-22,36H,8-9,13-14,16H2,1-7H3/t17-,20+,21+,22+,27+,28+,29+,30+/m1/s1. The molecule has 0 aromatic rings. The predicted molar refractivity (Wildman–Crippen MR) is 146 cm³/mol. The van der Waals surface area contributed by atoms with Gasteiger partial charge in [0.15, 0.2) is 17.1 Å². The summed E-state index contributed by atoms with van der Waals surface area (Å²) in [6.45, 7) is 11.8. The molecule has 1 N–H and O–H groups in total. The summed E-state index contributed by atoms with van der Waals surface area (Å²) in [5.74, 6) is -3.31. The highest BCUT2D eigenvalue weighted by Crippen LogP contribution is 2.76. The second-order valence-corrected chi connectivity index (χ2v) is 15.1. The van der Waals surface area contributed by atoms with Crippen LogP contribution in [0.15, 0.2) is 23.8 Å². The summed E-state index contributed by atoms with van der Waals surface area (Å²) >= 11 is 0.718. The summed E-state index contributed by atoms with van der Waals surface area (Å²) in [6.07, 6.45) is 3.76. The fourth-order valence-corrected chi connectivity index (χ4v) is 10.3. The highest BCUT2D eigenvalue weighted by molar-refractivity contribution is 8.14. The molecule has 0 bridgehead atoms. The zero-order valence-corrected chi connectivity index (χ0v) is 25.1. The highest BCUT2D eigenvalue weighted by Gasteiger charge is 2.86. The number of nitriles is 1. The number of alkyl halides is 2. The summed E-state index contributed by atoms with van der Waals surface area (Å²) in [5.41, 5.74) is -10.2. The number of carbonyl (C=O) groups excluding carboxylic acids is 3. The fraction of sp³-hybridized carbons (Fsp3) is 0.742. The molecule has 5 aliphatic carbocycles. The van der Waals surface area contributed by atoms with Crippen molar-refractivity contribution in [3.8, 4) is 6.07 Å². The number of thioether (sulfide) groups is 1. The van der Waals surface area contributed by atoms with Crippen LogP contribution < -0.4 is 0 Å². The van der Waals surface area contributed by atoms with Crippen LogP contribution in [0.3, 0.4) is 0 Å². The van der Waals surface area contributed by atoms with E-state index in [0.29, 0.717) is 24.8 Å². The number of carbonyl (C=O) groups is 3. The zero-order chi connectivity index (χ0) is 29.9. The van der Waals surface area contributed by atoms with Crippen LogP contribution in [0, 0.1) is 50.7 Å². The third-order valence-electron chi connectivity index (χ3n) is 12.5. The lowest BCUT2D eigenvalue weighted by Gasteiger charge is -2.62. The number of halogens is 2. The van der Waals surface area contributed by atoms with Crippen LogP contribution in [0.4, 0.5) is 8.78 Å². The van der Waals surface area contributed by atoms with Crippen molar-refractivity contribution in [2.45, 2.75) is 97.2 Å². The third kappa shape index (κ3) is 3.05. The molecule has 6 nitrogen and oxygen atoms in total. The number of esters is 1. The maximum atomic E-state index is 17.6. The summed E-state index contributed by atoms with van der Waals surface area (Å²) in [5, 5.41) is 20.4. The molecule has 218 valence electrons. The molecule has 8 atom stereocenters. The van der Waals surface area contributed by atoms with Crippen LogP contribution in [0.1, 0.15) is 74.1 Å². The quantitative estimate of drug-likeness (QED) is 0.445. The molecule has 4 saturated carbocycles. The number of nitrogens with zero attached hydrogens (tertiary/aromatic N) is 1. The molecule has 4 fully saturated rings. The summed E-state index contributed by atoms with van der Waals surface area (Å²) in [7, 11) is 0. The minimum atomic E-state index is -2.34. The maximum absolute atomic E-state index is 17.6. The van der Waals surface area contributed by atoms with E-state index in [1.54, 1.807) is 54.5 Å². The number of fused-ring (bicyclic) bond motifs is 5. The van der Waals surface area contributed by atoms with Gasteiger partial charge >= 0.3 is 5.97 Å². The van der Waals surface area contributed by atoms with E-state index < -0.39 is 73.5 Å². The normalized spacial score (nSPS) is 45.3. The Morgan fingerprint density at radius 2 is 1.77 bits per heavy atom. The zero-order valence-electron chi connectivity index (χ0n) is 24.3. The fourth-order valence-electron chi connectivity index (χ4n) is 9.40. The average Bonchev–Trinajstić information content (AvgIpc) is 3.07. The first kappa shape index (κ1) is 29.4. The molecule has 0 aliphatic heterocycles. The molecule has 0 aromatic carbocycles. The van der Waals surface area contributed by atoms with Gasteiger partial charge in [0.25, 0.3) is 0 Å². The molecule has 5 rings (SSSR count). The second-order valence-electron chi connectivity index (χ2n) is 14.2. The summed E-state index contributed by atoms with van der Waals surface area (Å²) in [6, 6.07) is 1.94. The van der Waals surface area contributed by atoms with E-state index in [4.69, 9.17) is 4.74 Å². The minimum absolute atomic E-state index is 0.187. The Kier molecular flexibility index (Phi) is 6.26. The van der Waals surface area contributed by atoms with Crippen molar-refractivity contribution in [3.05, 3.63) is 23.8 Å². The van der Waals surface area contributed by atoms with E-state index in [2.05, 4.69) is 0 Å². The number of ketones is 1. The number of allylic oxidation sites excluding steroid dienone is 4. The van der Waals surface area contributed by atoms with Crippen molar-refractivity contribution in [1.29, 1.82) is 5.26 Å². The van der Waals surface area contributed by atoms with E-state index >= 15 is 8.78 Å². The van der Waals surface area contributed by atoms with E-state index in [0.717, 1.165) is 11.8 Å². The Morgan fingerprint density at radius 3 is 2.35 bits per heavy atom. The SMILES string of the molecule is C[C@@H]1C[C@H]2[C@@H]3CCC4=CC(=O)C=C[C@]4(C)[C@@]3(F)[C@@H](O)C[C@]2(C)[C@@]1(OC(=O)C1(F)C(C)(C)C1(C)C)C(=O)SCC#N. The molecule has 0 radical (unpaired) electrons. The largest absolute Gasteiger partial charge is 0.447 e. The number of ether oxygens (including phenoxy) is 1. The van der Waals surface area contributed by atoms with Crippen LogP contribution in [0.2, 0.25) is 0 Å². The Bertz CT molecular complexity index is 1290. The Hall–Kier alpha value is -2.05. The lowest BCUT2D eigenvalue weighted by molar-refractivity contribution is -0.228. The molecule has 40 heavy (non-hydrogen) atoms. The molecule has 5 aliphatic rings. The van der Waals surface area contributed by atoms with Crippen LogP contribution in [-0.2, 0) is 19.1 Å². The number of hydrogen-bond donors (Lipinski definition) is 1. The number of hydrogen-bond acceptors (Lipinski definition) is 7. The first-order valence-corrected chi connectivity index (χ1v) is 15.1. The van der Waals surface area contributed by atoms with E-state index in [9.17, 15) is 24.8 Å². The Balaban J connectivity index is 1.61. The van der Waals surface area contributed by atoms with Gasteiger partial charge in [-0.05, 0) is 50.7 Å². The molecule has 0 unspecified atom stereocenters. The summed E-state index contributed by atoms with van der Waals surface area (Å²) in [4.78, 5) is 39.9. The lowest BCUT2D eigenvalue weighted by atomic mass is 9.45. The molecular formula is C31H39F2NO5S. The van der Waals surface area contributed by atoms with Crippen molar-refractivity contribution in [2.75, 3.05) is 5.75 Å². The molecule has 0 heterocycles. The van der Waals surface area contributed by atoms with Crippen molar-refractivity contribution < 1.29 is 33.0 Å². The van der Waals surface area contributed by atoms with Gasteiger partial charge in [-0.25, -0.2) is 13.6 Å². The number of rotatable bonds is 4. The molecule has 0 aromatic heterocycles. The topological polar surface area (TPSA) is 104 Å². The number of aliphatic hydroxyl groups is 1. The molecule has 0 spiro atoms. The van der Waals surface area contributed by atoms with Crippen molar-refractivity contribution in [3.63, 3.8) is 0 Å². The van der Waals surface area contributed by atoms with E-state index in [1.165, 1.54) is 12.2 Å². The predicted octanol–water partition coefficient (Wildman–Crippen LogP) is 5.44. The van der Waals surface area contributed by atoms with Crippen molar-refractivity contribution >= 4 is 28.6 Å². The van der Waals surface area contributed by atoms with Crippen molar-refractivity contribution in [2.24, 2.45) is 39.4 Å². The smallest absolute Gasteiger partial charge is 0.346 e. The third-order valence-corrected chi connectivity index (χ3v) is 13.3. The van der Waals surface area contributed by atoms with Crippen LogP contribution in [-0.4, -0.2) is 50.8 Å². The second kappa shape index (κ2) is 8.50. The van der Waals surface area contributed by atoms with Gasteiger partial charge in [-0.15, -0.1) is 0 Å². The van der Waals surface area contributed by atoms with E-state index in [1.807, 2.05) is 6.07 Å². The molecule has 9 heteroatoms. The van der Waals surface area contributed by atoms with Gasteiger partial charge in [-0.2, -0.15) is 5.26 Å². The molecular weight excluding hydrogens is 536 g/mol. The maximum Gasteiger partial charge on any atom is 0.346 e. The first-order valence-electron chi connectivity index (χ1n) is 14.1. The highest BCUT2D eigenvalue weighted by atomic mass is 32.2. The Labute approximate surface area is 239 Å². The van der Waals surface area contributed by atoms with Crippen LogP contribution in [0.5, 0.6) is 0 Å². The lowest BCUT2D eigenvalue weighted by Crippen LogP contribution is -2.69. The Morgan fingerprint density at radius 1 is 1.15 bits per heavy atom. The minimum Gasteiger partial charge on any atom is -0.447 e. The van der Waals surface area contributed by atoms with Crippen molar-refractivity contribution in [1.82, 2.24) is 0 Å². The van der Waals surface area contributed by atoms with Crippen LogP contribution >= 0.6 is 11.8 Å². The average molecular weight is 576 g/mol. The van der Waals surface area contributed by atoms with E-state index in [-0.39, 0.29) is 18.0 Å². The molecule has 0 amide bonds. The van der Waals surface area contributed by atoms with Gasteiger partial charge in [-0.3, -0.25) is 9.59 Å².